The number of nitrogens with zero attached hydrogens (tertiary/aromatic N) is 3. The minimum atomic E-state index is -0.256. The van der Waals surface area contributed by atoms with Crippen LogP contribution in [0.4, 0.5) is 5.82 Å². The van der Waals surface area contributed by atoms with Crippen molar-refractivity contribution in [3.8, 4) is 0 Å². The van der Waals surface area contributed by atoms with Gasteiger partial charge < -0.3 is 14.6 Å². The maximum atomic E-state index is 12.7. The van der Waals surface area contributed by atoms with E-state index in [2.05, 4.69) is 22.2 Å². The van der Waals surface area contributed by atoms with Gasteiger partial charge in [0.25, 0.3) is 5.91 Å². The van der Waals surface area contributed by atoms with E-state index in [0.717, 1.165) is 30.8 Å². The molecule has 1 fully saturated rings. The second-order valence-electron chi connectivity index (χ2n) is 8.01. The zero-order chi connectivity index (χ0) is 22.0. The zero-order valence-electron chi connectivity index (χ0n) is 18.0. The van der Waals surface area contributed by atoms with E-state index in [1.165, 1.54) is 18.2 Å². The Morgan fingerprint density at radius 3 is 2.74 bits per heavy atom. The normalized spacial score (nSPS) is 16.5. The second kappa shape index (κ2) is 9.09. The maximum Gasteiger partial charge on any atom is 0.256 e. The fourth-order valence-electron chi connectivity index (χ4n) is 3.79. The van der Waals surface area contributed by atoms with E-state index in [1.807, 2.05) is 36.9 Å². The summed E-state index contributed by atoms with van der Waals surface area (Å²) in [6, 6.07) is 8.97. The Balaban J connectivity index is 1.57. The molecule has 0 saturated carbocycles. The van der Waals surface area contributed by atoms with Crippen LogP contribution in [0.2, 0.25) is 0 Å². The first kappa shape index (κ1) is 21.4. The van der Waals surface area contributed by atoms with Crippen molar-refractivity contribution in [3.05, 3.63) is 47.2 Å². The summed E-state index contributed by atoms with van der Waals surface area (Å²) in [6.45, 7) is 7.55. The minimum Gasteiger partial charge on any atom is -0.443 e. The molecular formula is C23H26N4O3S. The predicted molar refractivity (Wildman–Crippen MR) is 121 cm³/mol. The van der Waals surface area contributed by atoms with Crippen LogP contribution in [-0.4, -0.2) is 45.5 Å². The van der Waals surface area contributed by atoms with Gasteiger partial charge in [0.1, 0.15) is 11.6 Å². The van der Waals surface area contributed by atoms with Gasteiger partial charge in [-0.1, -0.05) is 36.9 Å². The van der Waals surface area contributed by atoms with Crippen LogP contribution in [0.3, 0.4) is 0 Å². The highest BCUT2D eigenvalue weighted by Gasteiger charge is 2.23. The third-order valence-electron chi connectivity index (χ3n) is 5.61. The monoisotopic (exact) mass is 438 g/mol. The molecule has 0 spiro atoms. The molecular weight excluding hydrogens is 412 g/mol. The Hall–Kier alpha value is -2.87. The van der Waals surface area contributed by atoms with Gasteiger partial charge in [0, 0.05) is 24.2 Å². The van der Waals surface area contributed by atoms with Crippen molar-refractivity contribution in [3.63, 3.8) is 0 Å². The highest BCUT2D eigenvalue weighted by atomic mass is 32.2. The van der Waals surface area contributed by atoms with Gasteiger partial charge in [-0.25, -0.2) is 4.98 Å². The van der Waals surface area contributed by atoms with E-state index >= 15 is 0 Å². The first-order valence-corrected chi connectivity index (χ1v) is 11.5. The molecule has 0 bridgehead atoms. The van der Waals surface area contributed by atoms with Gasteiger partial charge in [-0.3, -0.25) is 9.59 Å². The minimum absolute atomic E-state index is 0.0851. The number of hydrogen-bond acceptors (Lipinski definition) is 6. The van der Waals surface area contributed by atoms with Crippen molar-refractivity contribution in [2.75, 3.05) is 24.2 Å². The van der Waals surface area contributed by atoms with E-state index in [1.54, 1.807) is 12.1 Å². The fraction of sp³-hybridized carbons (Fsp3) is 0.391. The molecule has 0 aliphatic carbocycles. The van der Waals surface area contributed by atoms with Gasteiger partial charge in [-0.15, -0.1) is 0 Å². The zero-order valence-corrected chi connectivity index (χ0v) is 18.8. The molecule has 2 amide bonds. The largest absolute Gasteiger partial charge is 0.443 e. The molecule has 3 aromatic rings. The third-order valence-corrected chi connectivity index (χ3v) is 6.44. The molecule has 1 unspecified atom stereocenters. The summed E-state index contributed by atoms with van der Waals surface area (Å²) in [5.74, 6) is 1.73. The average Bonchev–Trinajstić information content (AvgIpc) is 3.06. The number of amides is 2. The predicted octanol–water partition coefficient (Wildman–Crippen LogP) is 4.44. The van der Waals surface area contributed by atoms with Crippen molar-refractivity contribution < 1.29 is 14.0 Å². The summed E-state index contributed by atoms with van der Waals surface area (Å²) in [6.07, 6.45) is 2.21. The highest BCUT2D eigenvalue weighted by molar-refractivity contribution is 7.99. The number of fused-ring (bicyclic) bond motifs is 1. The number of benzene rings is 1. The average molecular weight is 439 g/mol. The number of rotatable bonds is 5. The van der Waals surface area contributed by atoms with Crippen LogP contribution in [0.1, 0.15) is 41.4 Å². The maximum absolute atomic E-state index is 12.7. The summed E-state index contributed by atoms with van der Waals surface area (Å²) < 4.78 is 5.79. The van der Waals surface area contributed by atoms with Gasteiger partial charge in [0.2, 0.25) is 11.6 Å². The van der Waals surface area contributed by atoms with Crippen molar-refractivity contribution in [1.82, 2.24) is 14.9 Å². The number of furan rings is 1. The molecule has 8 heteroatoms. The van der Waals surface area contributed by atoms with E-state index < -0.39 is 0 Å². The molecule has 1 aliphatic rings. The van der Waals surface area contributed by atoms with Gasteiger partial charge in [0.05, 0.1) is 11.1 Å². The number of aryl methyl sites for hydroxylation is 2. The SMILES string of the molecule is Cc1oc2nc(SCC(=O)N3CCCC(C)C3)nc(NC(=O)c3ccccc3)c2c1C. The molecule has 1 aliphatic heterocycles. The Bertz CT molecular complexity index is 1110. The molecule has 1 N–H and O–H groups in total. The van der Waals surface area contributed by atoms with E-state index in [0.29, 0.717) is 33.6 Å². The van der Waals surface area contributed by atoms with Crippen molar-refractivity contribution in [2.45, 2.75) is 38.8 Å². The highest BCUT2D eigenvalue weighted by Crippen LogP contribution is 2.31. The van der Waals surface area contributed by atoms with Crippen LogP contribution in [0.15, 0.2) is 39.9 Å². The molecule has 7 nitrogen and oxygen atoms in total. The quantitative estimate of drug-likeness (QED) is 0.468. The molecule has 1 atom stereocenters. The van der Waals surface area contributed by atoms with Crippen molar-refractivity contribution in [1.29, 1.82) is 0 Å². The van der Waals surface area contributed by atoms with Crippen molar-refractivity contribution in [2.24, 2.45) is 5.92 Å². The van der Waals surface area contributed by atoms with Gasteiger partial charge in [-0.2, -0.15) is 4.98 Å². The number of carbonyl (C=O) groups excluding carboxylic acids is 2. The topological polar surface area (TPSA) is 88.3 Å². The second-order valence-corrected chi connectivity index (χ2v) is 8.96. The Morgan fingerprint density at radius 1 is 1.23 bits per heavy atom. The van der Waals surface area contributed by atoms with Crippen LogP contribution in [0.25, 0.3) is 11.1 Å². The van der Waals surface area contributed by atoms with Gasteiger partial charge >= 0.3 is 0 Å². The molecule has 4 rings (SSSR count). The van der Waals surface area contributed by atoms with Crippen LogP contribution >= 0.6 is 11.8 Å². The number of likely N-dealkylation sites (tertiary alicyclic amines) is 1. The standard InChI is InChI=1S/C23H26N4O3S/c1-14-8-7-11-27(12-14)18(28)13-31-23-25-20(19-15(2)16(3)30-22(19)26-23)24-21(29)17-9-5-4-6-10-17/h4-6,9-10,14H,7-8,11-13H2,1-3H3,(H,24,25,26,29). The number of piperidine rings is 1. The lowest BCUT2D eigenvalue weighted by molar-refractivity contribution is -0.130. The summed E-state index contributed by atoms with van der Waals surface area (Å²) in [7, 11) is 0. The molecule has 1 aromatic carbocycles. The van der Waals surface area contributed by atoms with Crippen molar-refractivity contribution >= 4 is 40.5 Å². The molecule has 3 heterocycles. The lowest BCUT2D eigenvalue weighted by atomic mass is 10.0. The summed E-state index contributed by atoms with van der Waals surface area (Å²) in [5.41, 5.74) is 1.83. The first-order valence-electron chi connectivity index (χ1n) is 10.5. The smallest absolute Gasteiger partial charge is 0.256 e. The van der Waals surface area contributed by atoms with Crippen LogP contribution in [0.5, 0.6) is 0 Å². The number of nitrogens with one attached hydrogen (secondary N) is 1. The Kier molecular flexibility index (Phi) is 6.27. The summed E-state index contributed by atoms with van der Waals surface area (Å²) >= 11 is 1.27. The van der Waals surface area contributed by atoms with Crippen LogP contribution in [-0.2, 0) is 4.79 Å². The van der Waals surface area contributed by atoms with Gasteiger partial charge in [0.15, 0.2) is 5.16 Å². The fourth-order valence-corrected chi connectivity index (χ4v) is 4.53. The Labute approximate surface area is 185 Å². The number of aromatic nitrogens is 2. The van der Waals surface area contributed by atoms with E-state index in [-0.39, 0.29) is 17.6 Å². The first-order chi connectivity index (χ1) is 14.9. The molecule has 162 valence electrons. The van der Waals surface area contributed by atoms with E-state index in [9.17, 15) is 9.59 Å². The summed E-state index contributed by atoms with van der Waals surface area (Å²) in [4.78, 5) is 36.3. The van der Waals surface area contributed by atoms with Crippen LogP contribution < -0.4 is 5.32 Å². The lowest BCUT2D eigenvalue weighted by Crippen LogP contribution is -2.40. The number of carbonyl (C=O) groups is 2. The molecule has 31 heavy (non-hydrogen) atoms. The number of thioether (sulfide) groups is 1. The number of anilines is 1. The van der Waals surface area contributed by atoms with Crippen LogP contribution in [0, 0.1) is 19.8 Å². The van der Waals surface area contributed by atoms with Gasteiger partial charge in [-0.05, 0) is 44.7 Å². The lowest BCUT2D eigenvalue weighted by Gasteiger charge is -2.30. The Morgan fingerprint density at radius 2 is 2.00 bits per heavy atom. The summed E-state index contributed by atoms with van der Waals surface area (Å²) in [5, 5.41) is 3.98. The number of hydrogen-bond donors (Lipinski definition) is 1. The van der Waals surface area contributed by atoms with E-state index in [4.69, 9.17) is 4.42 Å². The molecule has 0 radical (unpaired) electrons. The molecule has 1 saturated heterocycles. The third kappa shape index (κ3) is 4.74. The molecule has 2 aromatic heterocycles.